The monoisotopic (exact) mass is 283 g/mol. The maximum Gasteiger partial charge on any atom is 0.224 e. The first kappa shape index (κ1) is 14.5. The number of hydrogen-bond donors (Lipinski definition) is 0. The van der Waals surface area contributed by atoms with E-state index in [0.29, 0.717) is 5.28 Å². The second-order valence-corrected chi connectivity index (χ2v) is 5.62. The minimum atomic E-state index is 0.329. The van der Waals surface area contributed by atoms with Gasteiger partial charge in [-0.1, -0.05) is 0 Å². The standard InChI is InChI=1S/C13H22ClN5/c1-11-10-15-13(14)16-12(11)19-8-6-18(7-9-19)5-4-17(2)3/h10H,4-9H2,1-3H3. The normalized spacial score (nSPS) is 17.2. The molecule has 0 atom stereocenters. The summed E-state index contributed by atoms with van der Waals surface area (Å²) in [5.74, 6) is 0.979. The SMILES string of the molecule is Cc1cnc(Cl)nc1N1CCN(CCN(C)C)CC1. The van der Waals surface area contributed by atoms with Gasteiger partial charge in [-0.25, -0.2) is 9.97 Å². The number of rotatable bonds is 4. The van der Waals surface area contributed by atoms with E-state index in [1.807, 2.05) is 6.92 Å². The zero-order chi connectivity index (χ0) is 13.8. The van der Waals surface area contributed by atoms with Crippen molar-refractivity contribution in [1.29, 1.82) is 0 Å². The Morgan fingerprint density at radius 3 is 2.58 bits per heavy atom. The molecule has 1 aliphatic rings. The molecule has 1 saturated heterocycles. The summed E-state index contributed by atoms with van der Waals surface area (Å²) in [5.41, 5.74) is 1.09. The van der Waals surface area contributed by atoms with E-state index < -0.39 is 0 Å². The summed E-state index contributed by atoms with van der Waals surface area (Å²) in [7, 11) is 4.23. The highest BCUT2D eigenvalue weighted by Gasteiger charge is 2.19. The third-order valence-electron chi connectivity index (χ3n) is 3.45. The topological polar surface area (TPSA) is 35.5 Å². The van der Waals surface area contributed by atoms with Gasteiger partial charge in [0.15, 0.2) is 0 Å². The first-order chi connectivity index (χ1) is 9.06. The van der Waals surface area contributed by atoms with E-state index in [1.54, 1.807) is 6.20 Å². The summed E-state index contributed by atoms with van der Waals surface area (Å²) < 4.78 is 0. The number of halogens is 1. The first-order valence-electron chi connectivity index (χ1n) is 6.67. The van der Waals surface area contributed by atoms with Crippen molar-refractivity contribution in [3.8, 4) is 0 Å². The van der Waals surface area contributed by atoms with Gasteiger partial charge in [0.1, 0.15) is 5.82 Å². The Labute approximate surface area is 120 Å². The number of hydrogen-bond acceptors (Lipinski definition) is 5. The number of likely N-dealkylation sites (N-methyl/N-ethyl adjacent to an activating group) is 1. The first-order valence-corrected chi connectivity index (χ1v) is 7.05. The van der Waals surface area contributed by atoms with Crippen LogP contribution in [0.4, 0.5) is 5.82 Å². The van der Waals surface area contributed by atoms with Crippen molar-refractivity contribution in [3.63, 3.8) is 0 Å². The van der Waals surface area contributed by atoms with Crippen LogP contribution in [-0.2, 0) is 0 Å². The van der Waals surface area contributed by atoms with E-state index in [2.05, 4.69) is 38.8 Å². The smallest absolute Gasteiger partial charge is 0.224 e. The van der Waals surface area contributed by atoms with Gasteiger partial charge in [-0.3, -0.25) is 4.90 Å². The summed E-state index contributed by atoms with van der Waals surface area (Å²) in [5, 5.41) is 0.329. The largest absolute Gasteiger partial charge is 0.354 e. The minimum Gasteiger partial charge on any atom is -0.354 e. The molecule has 5 nitrogen and oxygen atoms in total. The molecule has 0 saturated carbocycles. The average molecular weight is 284 g/mol. The van der Waals surface area contributed by atoms with Crippen molar-refractivity contribution < 1.29 is 0 Å². The van der Waals surface area contributed by atoms with Gasteiger partial charge in [-0.05, 0) is 32.6 Å². The number of nitrogens with zero attached hydrogens (tertiary/aromatic N) is 5. The van der Waals surface area contributed by atoms with E-state index in [-0.39, 0.29) is 0 Å². The second kappa shape index (κ2) is 6.50. The van der Waals surface area contributed by atoms with Gasteiger partial charge < -0.3 is 9.80 Å². The molecular weight excluding hydrogens is 262 g/mol. The van der Waals surface area contributed by atoms with Crippen molar-refractivity contribution in [2.75, 3.05) is 58.3 Å². The fourth-order valence-corrected chi connectivity index (χ4v) is 2.39. The van der Waals surface area contributed by atoms with Crippen molar-refractivity contribution in [2.24, 2.45) is 0 Å². The van der Waals surface area contributed by atoms with Crippen molar-refractivity contribution in [2.45, 2.75) is 6.92 Å². The number of aromatic nitrogens is 2. The predicted molar refractivity (Wildman–Crippen MR) is 79.0 cm³/mol. The van der Waals surface area contributed by atoms with Gasteiger partial charge in [0.05, 0.1) is 0 Å². The maximum absolute atomic E-state index is 5.88. The molecule has 1 fully saturated rings. The Kier molecular flexibility index (Phi) is 4.96. The van der Waals surface area contributed by atoms with Gasteiger partial charge in [-0.2, -0.15) is 0 Å². The van der Waals surface area contributed by atoms with Gasteiger partial charge in [0, 0.05) is 51.0 Å². The molecular formula is C13H22ClN5. The number of piperazine rings is 1. The summed E-state index contributed by atoms with van der Waals surface area (Å²) in [6.45, 7) is 8.43. The lowest BCUT2D eigenvalue weighted by Crippen LogP contribution is -2.48. The third-order valence-corrected chi connectivity index (χ3v) is 3.63. The third kappa shape index (κ3) is 4.03. The predicted octanol–water partition coefficient (Wildman–Crippen LogP) is 1.12. The molecule has 6 heteroatoms. The van der Waals surface area contributed by atoms with Crippen LogP contribution in [0.2, 0.25) is 5.28 Å². The Morgan fingerprint density at radius 1 is 1.26 bits per heavy atom. The zero-order valence-electron chi connectivity index (χ0n) is 11.9. The Hall–Kier alpha value is -0.910. The molecule has 2 rings (SSSR count). The highest BCUT2D eigenvalue weighted by atomic mass is 35.5. The maximum atomic E-state index is 5.88. The van der Waals surface area contributed by atoms with E-state index in [1.165, 1.54) is 0 Å². The molecule has 0 N–H and O–H groups in total. The molecule has 19 heavy (non-hydrogen) atoms. The Bertz CT molecular complexity index is 415. The van der Waals surface area contributed by atoms with Crippen LogP contribution >= 0.6 is 11.6 Å². The summed E-state index contributed by atoms with van der Waals surface area (Å²) >= 11 is 5.88. The molecule has 0 bridgehead atoms. The molecule has 1 aromatic heterocycles. The van der Waals surface area contributed by atoms with Crippen LogP contribution in [0.1, 0.15) is 5.56 Å². The Balaban J connectivity index is 1.90. The number of aryl methyl sites for hydroxylation is 1. The summed E-state index contributed by atoms with van der Waals surface area (Å²) in [6, 6.07) is 0. The van der Waals surface area contributed by atoms with Gasteiger partial charge in [0.25, 0.3) is 0 Å². The van der Waals surface area contributed by atoms with E-state index in [0.717, 1.165) is 50.6 Å². The highest BCUT2D eigenvalue weighted by molar-refractivity contribution is 6.28. The Morgan fingerprint density at radius 2 is 1.95 bits per heavy atom. The molecule has 0 aromatic carbocycles. The summed E-state index contributed by atoms with van der Waals surface area (Å²) in [4.78, 5) is 15.4. The van der Waals surface area contributed by atoms with Crippen LogP contribution in [0.15, 0.2) is 6.20 Å². The van der Waals surface area contributed by atoms with E-state index >= 15 is 0 Å². The van der Waals surface area contributed by atoms with E-state index in [4.69, 9.17) is 11.6 Å². The van der Waals surface area contributed by atoms with Crippen LogP contribution in [0.25, 0.3) is 0 Å². The molecule has 0 aliphatic carbocycles. The molecule has 1 aliphatic heterocycles. The van der Waals surface area contributed by atoms with Crippen LogP contribution in [0.5, 0.6) is 0 Å². The second-order valence-electron chi connectivity index (χ2n) is 5.28. The quantitative estimate of drug-likeness (QED) is 0.774. The fraction of sp³-hybridized carbons (Fsp3) is 0.692. The molecule has 106 valence electrons. The van der Waals surface area contributed by atoms with Crippen LogP contribution in [0.3, 0.4) is 0 Å². The van der Waals surface area contributed by atoms with Crippen molar-refractivity contribution in [1.82, 2.24) is 19.8 Å². The van der Waals surface area contributed by atoms with Crippen LogP contribution in [0, 0.1) is 6.92 Å². The van der Waals surface area contributed by atoms with Crippen molar-refractivity contribution in [3.05, 3.63) is 17.0 Å². The number of anilines is 1. The average Bonchev–Trinajstić information content (AvgIpc) is 2.40. The molecule has 0 unspecified atom stereocenters. The molecule has 0 amide bonds. The van der Waals surface area contributed by atoms with Gasteiger partial charge >= 0.3 is 0 Å². The lowest BCUT2D eigenvalue weighted by atomic mass is 10.2. The van der Waals surface area contributed by atoms with Gasteiger partial charge in [0.2, 0.25) is 5.28 Å². The lowest BCUT2D eigenvalue weighted by molar-refractivity contribution is 0.229. The van der Waals surface area contributed by atoms with Crippen LogP contribution < -0.4 is 4.90 Å². The fourth-order valence-electron chi connectivity index (χ4n) is 2.26. The highest BCUT2D eigenvalue weighted by Crippen LogP contribution is 2.19. The molecule has 1 aromatic rings. The molecule has 2 heterocycles. The van der Waals surface area contributed by atoms with E-state index in [9.17, 15) is 0 Å². The van der Waals surface area contributed by atoms with Gasteiger partial charge in [-0.15, -0.1) is 0 Å². The minimum absolute atomic E-state index is 0.329. The van der Waals surface area contributed by atoms with Crippen molar-refractivity contribution >= 4 is 17.4 Å². The molecule has 0 spiro atoms. The lowest BCUT2D eigenvalue weighted by Gasteiger charge is -2.36. The van der Waals surface area contributed by atoms with Crippen LogP contribution in [-0.4, -0.2) is 73.1 Å². The zero-order valence-corrected chi connectivity index (χ0v) is 12.7. The molecule has 0 radical (unpaired) electrons. The summed E-state index contributed by atoms with van der Waals surface area (Å²) in [6.07, 6.45) is 1.79.